The predicted octanol–water partition coefficient (Wildman–Crippen LogP) is 20.0. The number of rotatable bonds is 7. The van der Waals surface area contributed by atoms with Gasteiger partial charge in [-0.05, 0) is 136 Å². The van der Waals surface area contributed by atoms with E-state index in [4.69, 9.17) is 0 Å². The third kappa shape index (κ3) is 7.73. The van der Waals surface area contributed by atoms with Gasteiger partial charge in [-0.15, -0.1) is 0 Å². The van der Waals surface area contributed by atoms with E-state index in [1.54, 1.807) is 0 Å². The van der Waals surface area contributed by atoms with Gasteiger partial charge in [0.05, 0.1) is 22.4 Å². The molecule has 11 aromatic carbocycles. The summed E-state index contributed by atoms with van der Waals surface area (Å²) in [7, 11) is 0. The lowest BCUT2D eigenvalue weighted by Crippen LogP contribution is -2.15. The van der Waals surface area contributed by atoms with Crippen LogP contribution in [-0.4, -0.2) is 4.57 Å². The Hall–Kier alpha value is -7.94. The number of anilines is 3. The van der Waals surface area contributed by atoms with Gasteiger partial charge in [-0.25, -0.2) is 0 Å². The quantitative estimate of drug-likeness (QED) is 0.145. The molecular weight excluding hydrogens is 869 g/mol. The highest BCUT2D eigenvalue weighted by atomic mass is 15.1. The van der Waals surface area contributed by atoms with Gasteiger partial charge < -0.3 is 9.47 Å². The maximum absolute atomic E-state index is 2.52. The van der Waals surface area contributed by atoms with Crippen LogP contribution >= 0.6 is 0 Å². The SMILES string of the molecule is CC(C)(C)c1ccc(-c2cc(N(c3ccc(-c4ccccc4-c4ccc(C(C)(C)C)cc4)cc3)c3ccc4ccc5c(-n6c7ccccc7c7ccccc76)ccc6ccc3c4c65)cc(C(C)(C)C)c2)cc1. The molecule has 0 aliphatic rings. The molecule has 0 N–H and O–H groups in total. The number of hydrogen-bond donors (Lipinski definition) is 0. The molecule has 72 heavy (non-hydrogen) atoms. The number of fused-ring (bicyclic) bond motifs is 3. The maximum Gasteiger partial charge on any atom is 0.0541 e. The van der Waals surface area contributed by atoms with Crippen molar-refractivity contribution in [3.63, 3.8) is 0 Å². The molecular formula is C70H62N2. The first kappa shape index (κ1) is 45.2. The summed E-state index contributed by atoms with van der Waals surface area (Å²) in [6.45, 7) is 20.7. The zero-order valence-electron chi connectivity index (χ0n) is 43.1. The van der Waals surface area contributed by atoms with E-state index in [0.29, 0.717) is 0 Å². The summed E-state index contributed by atoms with van der Waals surface area (Å²) in [5, 5.41) is 10.0. The van der Waals surface area contributed by atoms with Gasteiger partial charge in [0, 0.05) is 32.9 Å². The van der Waals surface area contributed by atoms with E-state index < -0.39 is 0 Å². The van der Waals surface area contributed by atoms with Crippen LogP contribution in [0.25, 0.3) is 93.2 Å². The standard InChI is InChI=1S/C70H62N2/c1-68(2,3)51-32-22-45(23-33-51)50-42-53(70(7,8)9)44-55(43-50)71(54-36-26-47(27-37-54)57-17-11-10-16-56(57)46-24-34-52(35-25-46)69(4,5)6)64-40-30-48-29-39-61-65(41-31-49-28-38-60(64)66(48)67(49)61)72-62-20-14-12-18-58(62)59-19-13-15-21-63(59)72/h10-44H,1-9H3. The fourth-order valence-corrected chi connectivity index (χ4v) is 11.2. The summed E-state index contributed by atoms with van der Waals surface area (Å²) in [5.74, 6) is 0. The third-order valence-corrected chi connectivity index (χ3v) is 15.2. The zero-order valence-corrected chi connectivity index (χ0v) is 43.1. The minimum absolute atomic E-state index is 0.0660. The molecule has 0 radical (unpaired) electrons. The fourth-order valence-electron chi connectivity index (χ4n) is 11.2. The zero-order chi connectivity index (χ0) is 49.7. The van der Waals surface area contributed by atoms with Gasteiger partial charge >= 0.3 is 0 Å². The van der Waals surface area contributed by atoms with Gasteiger partial charge in [0.1, 0.15) is 0 Å². The topological polar surface area (TPSA) is 8.17 Å². The molecule has 1 aromatic heterocycles. The highest BCUT2D eigenvalue weighted by molar-refractivity contribution is 6.27. The molecule has 2 heteroatoms. The van der Waals surface area contributed by atoms with Crippen LogP contribution in [0.4, 0.5) is 17.1 Å². The Kier molecular flexibility index (Phi) is 10.6. The molecule has 0 aliphatic heterocycles. The lowest BCUT2D eigenvalue weighted by atomic mass is 9.83. The number of hydrogen-bond acceptors (Lipinski definition) is 1. The Morgan fingerprint density at radius 2 is 0.778 bits per heavy atom. The minimum atomic E-state index is -0.105. The number of aromatic nitrogens is 1. The third-order valence-electron chi connectivity index (χ3n) is 15.2. The Balaban J connectivity index is 1.07. The summed E-state index contributed by atoms with van der Waals surface area (Å²) < 4.78 is 2.47. The van der Waals surface area contributed by atoms with Gasteiger partial charge in [-0.1, -0.05) is 226 Å². The first-order valence-electron chi connectivity index (χ1n) is 25.7. The van der Waals surface area contributed by atoms with Crippen molar-refractivity contribution >= 4 is 71.2 Å². The lowest BCUT2D eigenvalue weighted by molar-refractivity contribution is 0.590. The number of nitrogens with zero attached hydrogens (tertiary/aromatic N) is 2. The van der Waals surface area contributed by atoms with Crippen molar-refractivity contribution in [2.24, 2.45) is 0 Å². The van der Waals surface area contributed by atoms with Crippen LogP contribution in [0, 0.1) is 0 Å². The second kappa shape index (κ2) is 16.8. The number of benzene rings is 11. The van der Waals surface area contributed by atoms with Crippen molar-refractivity contribution in [1.29, 1.82) is 0 Å². The van der Waals surface area contributed by atoms with Crippen LogP contribution in [0.2, 0.25) is 0 Å². The summed E-state index contributed by atoms with van der Waals surface area (Å²) in [4.78, 5) is 2.52. The average molecular weight is 931 g/mol. The normalized spacial score (nSPS) is 12.5. The lowest BCUT2D eigenvalue weighted by Gasteiger charge is -2.30. The highest BCUT2D eigenvalue weighted by Gasteiger charge is 2.25. The fraction of sp³-hybridized carbons (Fsp3) is 0.171. The van der Waals surface area contributed by atoms with Gasteiger partial charge in [0.2, 0.25) is 0 Å². The van der Waals surface area contributed by atoms with Crippen molar-refractivity contribution in [1.82, 2.24) is 4.57 Å². The second-order valence-electron chi connectivity index (χ2n) is 23.1. The van der Waals surface area contributed by atoms with Gasteiger partial charge in [-0.2, -0.15) is 0 Å². The molecule has 0 fully saturated rings. The first-order chi connectivity index (χ1) is 34.6. The molecule has 12 aromatic rings. The molecule has 0 atom stereocenters. The van der Waals surface area contributed by atoms with E-state index in [-0.39, 0.29) is 16.2 Å². The van der Waals surface area contributed by atoms with Crippen molar-refractivity contribution in [3.05, 3.63) is 229 Å². The summed E-state index contributed by atoms with van der Waals surface area (Å²) in [6.07, 6.45) is 0. The monoisotopic (exact) mass is 930 g/mol. The van der Waals surface area contributed by atoms with E-state index in [1.165, 1.54) is 110 Å². The van der Waals surface area contributed by atoms with E-state index in [2.05, 4.69) is 284 Å². The van der Waals surface area contributed by atoms with Crippen molar-refractivity contribution < 1.29 is 0 Å². The summed E-state index contributed by atoms with van der Waals surface area (Å²) >= 11 is 0. The summed E-state index contributed by atoms with van der Waals surface area (Å²) in [5.41, 5.74) is 18.3. The Bertz CT molecular complexity index is 3940. The Labute approximate surface area is 425 Å². The molecule has 352 valence electrons. The van der Waals surface area contributed by atoms with Crippen LogP contribution in [0.15, 0.2) is 212 Å². The van der Waals surface area contributed by atoms with Crippen LogP contribution in [-0.2, 0) is 16.2 Å². The van der Waals surface area contributed by atoms with Crippen LogP contribution in [0.5, 0.6) is 0 Å². The van der Waals surface area contributed by atoms with Crippen LogP contribution in [0.3, 0.4) is 0 Å². The largest absolute Gasteiger partial charge is 0.310 e. The van der Waals surface area contributed by atoms with E-state index in [9.17, 15) is 0 Å². The molecule has 1 heterocycles. The van der Waals surface area contributed by atoms with Gasteiger partial charge in [-0.3, -0.25) is 0 Å². The van der Waals surface area contributed by atoms with E-state index >= 15 is 0 Å². The van der Waals surface area contributed by atoms with Crippen molar-refractivity contribution in [3.8, 4) is 39.1 Å². The van der Waals surface area contributed by atoms with Crippen LogP contribution < -0.4 is 4.90 Å². The highest BCUT2D eigenvalue weighted by Crippen LogP contribution is 2.48. The smallest absolute Gasteiger partial charge is 0.0541 e. The van der Waals surface area contributed by atoms with Crippen molar-refractivity contribution in [2.75, 3.05) is 4.90 Å². The van der Waals surface area contributed by atoms with Gasteiger partial charge in [0.25, 0.3) is 0 Å². The van der Waals surface area contributed by atoms with E-state index in [0.717, 1.165) is 17.1 Å². The van der Waals surface area contributed by atoms with Crippen LogP contribution in [0.1, 0.15) is 79.0 Å². The van der Waals surface area contributed by atoms with E-state index in [1.807, 2.05) is 0 Å². The molecule has 0 amide bonds. The molecule has 12 rings (SSSR count). The molecule has 0 saturated carbocycles. The molecule has 2 nitrogen and oxygen atoms in total. The Morgan fingerprint density at radius 1 is 0.319 bits per heavy atom. The summed E-state index contributed by atoms with van der Waals surface area (Å²) in [6, 6.07) is 80.1. The maximum atomic E-state index is 2.52. The van der Waals surface area contributed by atoms with Crippen molar-refractivity contribution in [2.45, 2.75) is 78.6 Å². The second-order valence-corrected chi connectivity index (χ2v) is 23.1. The first-order valence-corrected chi connectivity index (χ1v) is 25.7. The predicted molar refractivity (Wildman–Crippen MR) is 312 cm³/mol. The molecule has 0 bridgehead atoms. The minimum Gasteiger partial charge on any atom is -0.310 e. The molecule has 0 unspecified atom stereocenters. The number of para-hydroxylation sites is 2. The Morgan fingerprint density at radius 3 is 1.33 bits per heavy atom. The molecule has 0 aliphatic carbocycles. The molecule has 0 spiro atoms. The average Bonchev–Trinajstić information content (AvgIpc) is 3.72. The molecule has 0 saturated heterocycles. The van der Waals surface area contributed by atoms with Gasteiger partial charge in [0.15, 0.2) is 0 Å².